The van der Waals surface area contributed by atoms with Gasteiger partial charge in [-0.05, 0) is 36.2 Å². The first-order chi connectivity index (χ1) is 9.10. The molecule has 4 heteroatoms. The molecule has 2 rings (SSSR count). The van der Waals surface area contributed by atoms with E-state index in [0.717, 1.165) is 29.4 Å². The van der Waals surface area contributed by atoms with E-state index in [1.807, 2.05) is 32.2 Å². The van der Waals surface area contributed by atoms with Crippen LogP contribution in [0, 0.1) is 6.92 Å². The van der Waals surface area contributed by atoms with Gasteiger partial charge in [0.25, 0.3) is 0 Å². The zero-order valence-electron chi connectivity index (χ0n) is 11.6. The highest BCUT2D eigenvalue weighted by Crippen LogP contribution is 2.19. The second-order valence-electron chi connectivity index (χ2n) is 4.60. The standard InChI is InChI=1S/C15H19N3O/c1-11-8-15(17-9-14(11)16)18(2)10-12-4-6-13(19-3)7-5-12/h4-9H,10,16H2,1-3H3. The molecule has 2 N–H and O–H groups in total. The number of benzene rings is 1. The lowest BCUT2D eigenvalue weighted by atomic mass is 10.2. The average Bonchev–Trinajstić information content (AvgIpc) is 2.42. The number of hydrogen-bond donors (Lipinski definition) is 1. The Hall–Kier alpha value is -2.23. The zero-order valence-corrected chi connectivity index (χ0v) is 11.6. The van der Waals surface area contributed by atoms with Gasteiger partial charge in [-0.1, -0.05) is 12.1 Å². The zero-order chi connectivity index (χ0) is 13.8. The van der Waals surface area contributed by atoms with Crippen molar-refractivity contribution in [1.82, 2.24) is 4.98 Å². The van der Waals surface area contributed by atoms with Gasteiger partial charge in [0.1, 0.15) is 11.6 Å². The summed E-state index contributed by atoms with van der Waals surface area (Å²) in [6.07, 6.45) is 1.70. The Morgan fingerprint density at radius 1 is 1.26 bits per heavy atom. The number of methoxy groups -OCH3 is 1. The van der Waals surface area contributed by atoms with Gasteiger partial charge in [0.15, 0.2) is 0 Å². The first-order valence-electron chi connectivity index (χ1n) is 6.16. The van der Waals surface area contributed by atoms with Crippen LogP contribution in [-0.4, -0.2) is 19.1 Å². The Labute approximate surface area is 113 Å². The van der Waals surface area contributed by atoms with Crippen molar-refractivity contribution in [2.45, 2.75) is 13.5 Å². The molecule has 0 unspecified atom stereocenters. The van der Waals surface area contributed by atoms with Crippen molar-refractivity contribution in [3.8, 4) is 5.75 Å². The van der Waals surface area contributed by atoms with Crippen LogP contribution in [0.15, 0.2) is 36.5 Å². The van der Waals surface area contributed by atoms with E-state index >= 15 is 0 Å². The fourth-order valence-corrected chi connectivity index (χ4v) is 1.85. The fraction of sp³-hybridized carbons (Fsp3) is 0.267. The van der Waals surface area contributed by atoms with Crippen molar-refractivity contribution in [1.29, 1.82) is 0 Å². The van der Waals surface area contributed by atoms with Gasteiger partial charge < -0.3 is 15.4 Å². The average molecular weight is 257 g/mol. The first-order valence-corrected chi connectivity index (χ1v) is 6.16. The summed E-state index contributed by atoms with van der Waals surface area (Å²) in [7, 11) is 3.68. The van der Waals surface area contributed by atoms with Crippen LogP contribution in [0.4, 0.5) is 11.5 Å². The molecule has 19 heavy (non-hydrogen) atoms. The van der Waals surface area contributed by atoms with Gasteiger partial charge in [-0.2, -0.15) is 0 Å². The normalized spacial score (nSPS) is 10.3. The molecule has 0 aliphatic carbocycles. The van der Waals surface area contributed by atoms with Crippen LogP contribution in [0.25, 0.3) is 0 Å². The molecule has 0 radical (unpaired) electrons. The molecule has 0 aliphatic rings. The SMILES string of the molecule is COc1ccc(CN(C)c2cc(C)c(N)cn2)cc1. The number of rotatable bonds is 4. The maximum Gasteiger partial charge on any atom is 0.128 e. The van der Waals surface area contributed by atoms with E-state index in [-0.39, 0.29) is 0 Å². The summed E-state index contributed by atoms with van der Waals surface area (Å²) in [5.41, 5.74) is 8.76. The maximum atomic E-state index is 5.78. The summed E-state index contributed by atoms with van der Waals surface area (Å²) in [6, 6.07) is 10.0. The lowest BCUT2D eigenvalue weighted by Crippen LogP contribution is -2.17. The van der Waals surface area contributed by atoms with Gasteiger partial charge in [0, 0.05) is 13.6 Å². The number of nitrogens with zero attached hydrogens (tertiary/aromatic N) is 2. The van der Waals surface area contributed by atoms with Gasteiger partial charge in [-0.3, -0.25) is 0 Å². The van der Waals surface area contributed by atoms with Crippen LogP contribution in [0.3, 0.4) is 0 Å². The van der Waals surface area contributed by atoms with Crippen LogP contribution < -0.4 is 15.4 Å². The molecule has 100 valence electrons. The first kappa shape index (κ1) is 13.2. The molecule has 0 amide bonds. The van der Waals surface area contributed by atoms with E-state index in [2.05, 4.69) is 22.0 Å². The van der Waals surface area contributed by atoms with Crippen molar-refractivity contribution in [2.24, 2.45) is 0 Å². The van der Waals surface area contributed by atoms with Gasteiger partial charge >= 0.3 is 0 Å². The van der Waals surface area contributed by atoms with E-state index in [4.69, 9.17) is 10.5 Å². The summed E-state index contributed by atoms with van der Waals surface area (Å²) in [5, 5.41) is 0. The van der Waals surface area contributed by atoms with E-state index < -0.39 is 0 Å². The van der Waals surface area contributed by atoms with Crippen LogP contribution in [0.5, 0.6) is 5.75 Å². The molecule has 1 aromatic heterocycles. The van der Waals surface area contributed by atoms with Crippen molar-refractivity contribution in [2.75, 3.05) is 24.8 Å². The molecule has 0 saturated heterocycles. The molecule has 0 fully saturated rings. The second kappa shape index (κ2) is 5.61. The van der Waals surface area contributed by atoms with Crippen LogP contribution >= 0.6 is 0 Å². The molecular weight excluding hydrogens is 238 g/mol. The monoisotopic (exact) mass is 257 g/mol. The molecule has 4 nitrogen and oxygen atoms in total. The van der Waals surface area contributed by atoms with Crippen LogP contribution in [-0.2, 0) is 6.54 Å². The second-order valence-corrected chi connectivity index (χ2v) is 4.60. The number of aryl methyl sites for hydroxylation is 1. The van der Waals surface area contributed by atoms with E-state index in [0.29, 0.717) is 0 Å². The lowest BCUT2D eigenvalue weighted by Gasteiger charge is -2.19. The number of anilines is 2. The number of nitrogens with two attached hydrogens (primary N) is 1. The Bertz CT molecular complexity index is 552. The summed E-state index contributed by atoms with van der Waals surface area (Å²) in [4.78, 5) is 6.44. The van der Waals surface area contributed by atoms with Crippen molar-refractivity contribution in [3.63, 3.8) is 0 Å². The molecule has 1 aromatic carbocycles. The van der Waals surface area contributed by atoms with Crippen LogP contribution in [0.1, 0.15) is 11.1 Å². The van der Waals surface area contributed by atoms with Crippen molar-refractivity contribution in [3.05, 3.63) is 47.7 Å². The van der Waals surface area contributed by atoms with Gasteiger partial charge in [-0.15, -0.1) is 0 Å². The number of nitrogen functional groups attached to an aromatic ring is 1. The molecule has 2 aromatic rings. The molecule has 0 saturated carbocycles. The number of pyridine rings is 1. The number of hydrogen-bond acceptors (Lipinski definition) is 4. The third-order valence-electron chi connectivity index (χ3n) is 3.11. The topological polar surface area (TPSA) is 51.4 Å². The molecule has 0 bridgehead atoms. The quantitative estimate of drug-likeness (QED) is 0.914. The highest BCUT2D eigenvalue weighted by Gasteiger charge is 2.05. The van der Waals surface area contributed by atoms with Gasteiger partial charge in [0.2, 0.25) is 0 Å². The van der Waals surface area contributed by atoms with Crippen molar-refractivity contribution < 1.29 is 4.74 Å². The summed E-state index contributed by atoms with van der Waals surface area (Å²) in [6.45, 7) is 2.78. The minimum atomic E-state index is 0.724. The fourth-order valence-electron chi connectivity index (χ4n) is 1.85. The summed E-state index contributed by atoms with van der Waals surface area (Å²) in [5.74, 6) is 1.79. The summed E-state index contributed by atoms with van der Waals surface area (Å²) >= 11 is 0. The Morgan fingerprint density at radius 3 is 2.53 bits per heavy atom. The van der Waals surface area contributed by atoms with Crippen molar-refractivity contribution >= 4 is 11.5 Å². The van der Waals surface area contributed by atoms with Gasteiger partial charge in [0.05, 0.1) is 19.0 Å². The van der Waals surface area contributed by atoms with E-state index in [1.54, 1.807) is 13.3 Å². The number of aromatic nitrogens is 1. The Balaban J connectivity index is 2.10. The van der Waals surface area contributed by atoms with E-state index in [9.17, 15) is 0 Å². The molecule has 0 aliphatic heterocycles. The predicted molar refractivity (Wildman–Crippen MR) is 78.5 cm³/mol. The smallest absolute Gasteiger partial charge is 0.128 e. The molecular formula is C15H19N3O. The minimum Gasteiger partial charge on any atom is -0.497 e. The lowest BCUT2D eigenvalue weighted by molar-refractivity contribution is 0.414. The Morgan fingerprint density at radius 2 is 1.95 bits per heavy atom. The third-order valence-corrected chi connectivity index (χ3v) is 3.11. The van der Waals surface area contributed by atoms with Crippen LogP contribution in [0.2, 0.25) is 0 Å². The predicted octanol–water partition coefficient (Wildman–Crippen LogP) is 2.62. The minimum absolute atomic E-state index is 0.724. The maximum absolute atomic E-state index is 5.78. The van der Waals surface area contributed by atoms with Gasteiger partial charge in [-0.25, -0.2) is 4.98 Å². The Kier molecular flexibility index (Phi) is 3.90. The molecule has 0 atom stereocenters. The molecule has 0 spiro atoms. The number of ether oxygens (including phenoxy) is 1. The summed E-state index contributed by atoms with van der Waals surface area (Å²) < 4.78 is 5.15. The van der Waals surface area contributed by atoms with E-state index in [1.165, 1.54) is 5.56 Å². The highest BCUT2D eigenvalue weighted by molar-refractivity contribution is 5.52. The highest BCUT2D eigenvalue weighted by atomic mass is 16.5. The largest absolute Gasteiger partial charge is 0.497 e. The third kappa shape index (κ3) is 3.16. The molecule has 1 heterocycles.